The minimum atomic E-state index is -0.289. The van der Waals surface area contributed by atoms with Gasteiger partial charge >= 0.3 is 0 Å². The highest BCUT2D eigenvalue weighted by atomic mass is 16.5. The van der Waals surface area contributed by atoms with Crippen LogP contribution in [0.2, 0.25) is 0 Å². The third kappa shape index (κ3) is 3.54. The SMILES string of the molecule is CC1(C)Cc2c(cnn2Cc2ccccc2)[C@H](NC(=O)[C@@H]2CCCO2)C1. The quantitative estimate of drug-likeness (QED) is 0.918. The van der Waals surface area contributed by atoms with Gasteiger partial charge < -0.3 is 10.1 Å². The summed E-state index contributed by atoms with van der Waals surface area (Å²) in [4.78, 5) is 12.6. The van der Waals surface area contributed by atoms with Crippen molar-refractivity contribution in [3.63, 3.8) is 0 Å². The first kappa shape index (κ1) is 17.3. The number of ether oxygens (including phenoxy) is 1. The number of hydrogen-bond acceptors (Lipinski definition) is 3. The molecule has 1 amide bonds. The average molecular weight is 353 g/mol. The molecule has 1 aromatic carbocycles. The van der Waals surface area contributed by atoms with Crippen LogP contribution in [0.3, 0.4) is 0 Å². The molecule has 1 fully saturated rings. The minimum absolute atomic E-state index is 0.00923. The molecule has 2 heterocycles. The third-order valence-electron chi connectivity index (χ3n) is 5.47. The Bertz CT molecular complexity index is 776. The predicted octanol–water partition coefficient (Wildman–Crippen LogP) is 3.24. The van der Waals surface area contributed by atoms with Crippen molar-refractivity contribution in [1.29, 1.82) is 0 Å². The minimum Gasteiger partial charge on any atom is -0.368 e. The Labute approximate surface area is 154 Å². The summed E-state index contributed by atoms with van der Waals surface area (Å²) in [6.45, 7) is 5.98. The van der Waals surface area contributed by atoms with Gasteiger partial charge in [0.25, 0.3) is 0 Å². The number of amides is 1. The topological polar surface area (TPSA) is 56.2 Å². The van der Waals surface area contributed by atoms with Crippen LogP contribution in [0.4, 0.5) is 0 Å². The largest absolute Gasteiger partial charge is 0.368 e. The Morgan fingerprint density at radius 3 is 2.88 bits per heavy atom. The number of fused-ring (bicyclic) bond motifs is 1. The van der Waals surface area contributed by atoms with Gasteiger partial charge in [0.15, 0.2) is 0 Å². The third-order valence-corrected chi connectivity index (χ3v) is 5.47. The van der Waals surface area contributed by atoms with Gasteiger partial charge in [-0.1, -0.05) is 44.2 Å². The number of carbonyl (C=O) groups excluding carboxylic acids is 1. The van der Waals surface area contributed by atoms with Gasteiger partial charge in [0.1, 0.15) is 6.10 Å². The van der Waals surface area contributed by atoms with Crippen LogP contribution in [0.25, 0.3) is 0 Å². The van der Waals surface area contributed by atoms with Crippen LogP contribution in [0.5, 0.6) is 0 Å². The van der Waals surface area contributed by atoms with E-state index in [0.29, 0.717) is 6.61 Å². The van der Waals surface area contributed by atoms with E-state index in [-0.39, 0.29) is 23.5 Å². The highest BCUT2D eigenvalue weighted by molar-refractivity contribution is 5.81. The summed E-state index contributed by atoms with van der Waals surface area (Å²) < 4.78 is 7.64. The van der Waals surface area contributed by atoms with Crippen molar-refractivity contribution in [2.75, 3.05) is 6.61 Å². The molecule has 1 aliphatic heterocycles. The second-order valence-corrected chi connectivity index (χ2v) is 8.30. The van der Waals surface area contributed by atoms with E-state index in [2.05, 4.69) is 53.2 Å². The molecule has 0 unspecified atom stereocenters. The summed E-state index contributed by atoms with van der Waals surface area (Å²) in [6.07, 6.45) is 5.34. The fraction of sp³-hybridized carbons (Fsp3) is 0.524. The summed E-state index contributed by atoms with van der Waals surface area (Å²) >= 11 is 0. The molecule has 2 aliphatic rings. The highest BCUT2D eigenvalue weighted by Crippen LogP contribution is 2.41. The lowest BCUT2D eigenvalue weighted by molar-refractivity contribution is -0.131. The molecule has 5 heteroatoms. The molecular weight excluding hydrogens is 326 g/mol. The normalized spacial score (nSPS) is 24.2. The summed E-state index contributed by atoms with van der Waals surface area (Å²) in [6, 6.07) is 10.4. The highest BCUT2D eigenvalue weighted by Gasteiger charge is 2.37. The summed E-state index contributed by atoms with van der Waals surface area (Å²) in [5.74, 6) is 0.0203. The van der Waals surface area contributed by atoms with Crippen molar-refractivity contribution in [3.8, 4) is 0 Å². The first-order valence-electron chi connectivity index (χ1n) is 9.52. The Kier molecular flexibility index (Phi) is 4.57. The van der Waals surface area contributed by atoms with Crippen LogP contribution >= 0.6 is 0 Å². The first-order chi connectivity index (χ1) is 12.5. The predicted molar refractivity (Wildman–Crippen MR) is 99.7 cm³/mol. The molecule has 1 saturated heterocycles. The average Bonchev–Trinajstić information content (AvgIpc) is 3.26. The molecule has 0 saturated carbocycles. The van der Waals surface area contributed by atoms with Crippen molar-refractivity contribution < 1.29 is 9.53 Å². The second kappa shape index (κ2) is 6.88. The fourth-order valence-corrected chi connectivity index (χ4v) is 4.17. The number of hydrogen-bond donors (Lipinski definition) is 1. The molecule has 0 radical (unpaired) electrons. The maximum absolute atomic E-state index is 12.6. The molecule has 5 nitrogen and oxygen atoms in total. The summed E-state index contributed by atoms with van der Waals surface area (Å²) in [5, 5.41) is 7.88. The lowest BCUT2D eigenvalue weighted by Crippen LogP contribution is -2.41. The van der Waals surface area contributed by atoms with Gasteiger partial charge in [-0.3, -0.25) is 9.48 Å². The standard InChI is InChI=1S/C21H27N3O2/c1-21(2)11-17(23-20(25)19-9-6-10-26-19)16-13-22-24(18(16)12-21)14-15-7-4-3-5-8-15/h3-5,7-8,13,17,19H,6,9-12,14H2,1-2H3,(H,23,25)/t17-,19+/m1/s1. The number of aromatic nitrogens is 2. The molecule has 1 N–H and O–H groups in total. The van der Waals surface area contributed by atoms with Crippen LogP contribution in [-0.4, -0.2) is 28.4 Å². The number of nitrogens with zero attached hydrogens (tertiary/aromatic N) is 2. The molecule has 4 rings (SSSR count). The molecule has 26 heavy (non-hydrogen) atoms. The first-order valence-corrected chi connectivity index (χ1v) is 9.52. The van der Waals surface area contributed by atoms with Gasteiger partial charge in [0.2, 0.25) is 5.91 Å². The smallest absolute Gasteiger partial charge is 0.249 e. The van der Waals surface area contributed by atoms with E-state index in [1.807, 2.05) is 12.3 Å². The van der Waals surface area contributed by atoms with E-state index in [0.717, 1.165) is 37.8 Å². The Morgan fingerprint density at radius 1 is 1.35 bits per heavy atom. The van der Waals surface area contributed by atoms with Gasteiger partial charge in [-0.15, -0.1) is 0 Å². The zero-order valence-electron chi connectivity index (χ0n) is 15.6. The van der Waals surface area contributed by atoms with Gasteiger partial charge in [0.05, 0.1) is 18.8 Å². The zero-order valence-corrected chi connectivity index (χ0v) is 15.6. The Morgan fingerprint density at radius 2 is 2.15 bits per heavy atom. The molecule has 1 aromatic heterocycles. The van der Waals surface area contributed by atoms with E-state index in [1.54, 1.807) is 0 Å². The maximum Gasteiger partial charge on any atom is 0.249 e. The molecule has 2 aromatic rings. The van der Waals surface area contributed by atoms with E-state index in [1.165, 1.54) is 11.3 Å². The van der Waals surface area contributed by atoms with Crippen molar-refractivity contribution in [2.24, 2.45) is 5.41 Å². The maximum atomic E-state index is 12.6. The second-order valence-electron chi connectivity index (χ2n) is 8.30. The zero-order chi connectivity index (χ0) is 18.1. The van der Waals surface area contributed by atoms with E-state index in [9.17, 15) is 4.79 Å². The van der Waals surface area contributed by atoms with Gasteiger partial charge in [0, 0.05) is 17.9 Å². The molecule has 0 spiro atoms. The molecular formula is C21H27N3O2. The fourth-order valence-electron chi connectivity index (χ4n) is 4.17. The number of carbonyl (C=O) groups is 1. The number of benzene rings is 1. The summed E-state index contributed by atoms with van der Waals surface area (Å²) in [7, 11) is 0. The van der Waals surface area contributed by atoms with Gasteiger partial charge in [-0.05, 0) is 36.7 Å². The van der Waals surface area contributed by atoms with Crippen LogP contribution in [0.15, 0.2) is 36.5 Å². The van der Waals surface area contributed by atoms with Crippen LogP contribution in [-0.2, 0) is 22.5 Å². The Hall–Kier alpha value is -2.14. The summed E-state index contributed by atoms with van der Waals surface area (Å²) in [5.41, 5.74) is 3.76. The van der Waals surface area contributed by atoms with Crippen LogP contribution in [0, 0.1) is 5.41 Å². The van der Waals surface area contributed by atoms with Crippen molar-refractivity contribution in [3.05, 3.63) is 53.3 Å². The van der Waals surface area contributed by atoms with Crippen LogP contribution < -0.4 is 5.32 Å². The molecule has 1 aliphatic carbocycles. The monoisotopic (exact) mass is 353 g/mol. The molecule has 138 valence electrons. The van der Waals surface area contributed by atoms with Crippen molar-refractivity contribution in [2.45, 2.75) is 58.2 Å². The lowest BCUT2D eigenvalue weighted by atomic mass is 9.74. The van der Waals surface area contributed by atoms with Gasteiger partial charge in [-0.25, -0.2) is 0 Å². The van der Waals surface area contributed by atoms with Crippen molar-refractivity contribution in [1.82, 2.24) is 15.1 Å². The lowest BCUT2D eigenvalue weighted by Gasteiger charge is -2.36. The number of rotatable bonds is 4. The van der Waals surface area contributed by atoms with E-state index < -0.39 is 0 Å². The molecule has 2 atom stereocenters. The Balaban J connectivity index is 1.58. The number of nitrogens with one attached hydrogen (secondary N) is 1. The van der Waals surface area contributed by atoms with E-state index in [4.69, 9.17) is 4.74 Å². The van der Waals surface area contributed by atoms with E-state index >= 15 is 0 Å². The van der Waals surface area contributed by atoms with Crippen molar-refractivity contribution >= 4 is 5.91 Å². The van der Waals surface area contributed by atoms with Crippen LogP contribution in [0.1, 0.15) is 56.0 Å². The molecule has 0 bridgehead atoms. The van der Waals surface area contributed by atoms with Gasteiger partial charge in [-0.2, -0.15) is 5.10 Å².